The van der Waals surface area contributed by atoms with E-state index in [4.69, 9.17) is 4.74 Å². The number of methoxy groups -OCH3 is 1. The predicted octanol–water partition coefficient (Wildman–Crippen LogP) is 4.01. The number of nitrogens with one attached hydrogen (secondary N) is 1. The first-order chi connectivity index (χ1) is 14.4. The summed E-state index contributed by atoms with van der Waals surface area (Å²) in [6.07, 6.45) is 0. The van der Waals surface area contributed by atoms with Crippen LogP contribution in [0.3, 0.4) is 0 Å². The van der Waals surface area contributed by atoms with Gasteiger partial charge in [0.25, 0.3) is 15.9 Å². The van der Waals surface area contributed by atoms with Crippen LogP contribution >= 0.6 is 0 Å². The van der Waals surface area contributed by atoms with Crippen LogP contribution in [0, 0.1) is 0 Å². The SMILES string of the molecule is COc1ccccc1C(C)NC(=O)c1ccccc1N(C)S(=O)(=O)c1ccccc1. The van der Waals surface area contributed by atoms with E-state index in [1.165, 1.54) is 19.2 Å². The topological polar surface area (TPSA) is 75.7 Å². The molecule has 3 aromatic rings. The number of nitrogens with zero attached hydrogens (tertiary/aromatic N) is 1. The van der Waals surface area contributed by atoms with Gasteiger partial charge in [-0.25, -0.2) is 8.42 Å². The largest absolute Gasteiger partial charge is 0.496 e. The number of benzene rings is 3. The molecule has 0 aliphatic rings. The molecule has 1 atom stereocenters. The monoisotopic (exact) mass is 424 g/mol. The summed E-state index contributed by atoms with van der Waals surface area (Å²) in [7, 11) is -0.788. The molecule has 0 heterocycles. The zero-order valence-electron chi connectivity index (χ0n) is 17.1. The summed E-state index contributed by atoms with van der Waals surface area (Å²) >= 11 is 0. The van der Waals surface area contributed by atoms with E-state index in [2.05, 4.69) is 5.32 Å². The van der Waals surface area contributed by atoms with Crippen molar-refractivity contribution in [2.45, 2.75) is 17.9 Å². The van der Waals surface area contributed by atoms with Crippen molar-refractivity contribution in [3.05, 3.63) is 90.0 Å². The van der Waals surface area contributed by atoms with Gasteiger partial charge in [-0.1, -0.05) is 48.5 Å². The molecule has 0 saturated heterocycles. The molecule has 0 saturated carbocycles. The van der Waals surface area contributed by atoms with E-state index in [-0.39, 0.29) is 22.4 Å². The lowest BCUT2D eigenvalue weighted by molar-refractivity contribution is 0.0940. The quantitative estimate of drug-likeness (QED) is 0.622. The zero-order valence-corrected chi connectivity index (χ0v) is 17.9. The molecule has 0 fully saturated rings. The average molecular weight is 425 g/mol. The van der Waals surface area contributed by atoms with Gasteiger partial charge in [0.15, 0.2) is 0 Å². The second-order valence-electron chi connectivity index (χ2n) is 6.74. The maximum atomic E-state index is 13.0. The van der Waals surface area contributed by atoms with Crippen LogP contribution in [0.2, 0.25) is 0 Å². The molecule has 3 aromatic carbocycles. The standard InChI is InChI=1S/C23H24N2O4S/c1-17(19-13-8-10-16-22(19)29-3)24-23(26)20-14-7-9-15-21(20)25(2)30(27,28)18-11-5-4-6-12-18/h4-17H,1-3H3,(H,24,26). The Bertz CT molecular complexity index is 1130. The van der Waals surface area contributed by atoms with Crippen molar-refractivity contribution < 1.29 is 17.9 Å². The molecular formula is C23H24N2O4S. The number of hydrogen-bond donors (Lipinski definition) is 1. The Balaban J connectivity index is 1.90. The molecule has 3 rings (SSSR count). The number of para-hydroxylation sites is 2. The van der Waals surface area contributed by atoms with Gasteiger partial charge >= 0.3 is 0 Å². The van der Waals surface area contributed by atoms with Gasteiger partial charge in [0.2, 0.25) is 0 Å². The zero-order chi connectivity index (χ0) is 21.7. The summed E-state index contributed by atoms with van der Waals surface area (Å²) in [6, 6.07) is 21.8. The van der Waals surface area contributed by atoms with Gasteiger partial charge in [-0.2, -0.15) is 0 Å². The number of sulfonamides is 1. The fourth-order valence-electron chi connectivity index (χ4n) is 3.20. The highest BCUT2D eigenvalue weighted by atomic mass is 32.2. The highest BCUT2D eigenvalue weighted by Crippen LogP contribution is 2.28. The van der Waals surface area contributed by atoms with E-state index in [0.29, 0.717) is 11.4 Å². The Morgan fingerprint density at radius 1 is 0.933 bits per heavy atom. The van der Waals surface area contributed by atoms with Crippen LogP contribution in [-0.4, -0.2) is 28.5 Å². The number of carbonyl (C=O) groups excluding carboxylic acids is 1. The van der Waals surface area contributed by atoms with Crippen molar-refractivity contribution >= 4 is 21.6 Å². The van der Waals surface area contributed by atoms with E-state index < -0.39 is 10.0 Å². The summed E-state index contributed by atoms with van der Waals surface area (Å²) in [6.45, 7) is 1.85. The summed E-state index contributed by atoms with van der Waals surface area (Å²) in [4.78, 5) is 13.2. The van der Waals surface area contributed by atoms with Crippen molar-refractivity contribution in [3.8, 4) is 5.75 Å². The Kier molecular flexibility index (Phi) is 6.42. The van der Waals surface area contributed by atoms with Crippen LogP contribution in [-0.2, 0) is 10.0 Å². The third kappa shape index (κ3) is 4.31. The number of hydrogen-bond acceptors (Lipinski definition) is 4. The summed E-state index contributed by atoms with van der Waals surface area (Å²) < 4.78 is 32.5. The van der Waals surface area contributed by atoms with Gasteiger partial charge in [0.05, 0.1) is 29.3 Å². The first kappa shape index (κ1) is 21.4. The molecule has 0 aliphatic heterocycles. The minimum Gasteiger partial charge on any atom is -0.496 e. The van der Waals surface area contributed by atoms with E-state index >= 15 is 0 Å². The highest BCUT2D eigenvalue weighted by molar-refractivity contribution is 7.92. The first-order valence-corrected chi connectivity index (χ1v) is 10.9. The molecule has 1 amide bonds. The third-order valence-corrected chi connectivity index (χ3v) is 6.63. The lowest BCUT2D eigenvalue weighted by atomic mass is 10.1. The molecule has 7 heteroatoms. The second kappa shape index (κ2) is 9.00. The number of anilines is 1. The van der Waals surface area contributed by atoms with Crippen molar-refractivity contribution in [3.63, 3.8) is 0 Å². The minimum atomic E-state index is -3.81. The molecule has 1 unspecified atom stereocenters. The normalized spacial score (nSPS) is 12.1. The van der Waals surface area contributed by atoms with Crippen LogP contribution in [0.4, 0.5) is 5.69 Å². The molecule has 0 aliphatic carbocycles. The van der Waals surface area contributed by atoms with Crippen molar-refractivity contribution in [1.29, 1.82) is 0 Å². The van der Waals surface area contributed by atoms with Crippen molar-refractivity contribution in [2.75, 3.05) is 18.5 Å². The lowest BCUT2D eigenvalue weighted by Gasteiger charge is -2.23. The molecule has 156 valence electrons. The van der Waals surface area contributed by atoms with E-state index in [0.717, 1.165) is 9.87 Å². The molecular weight excluding hydrogens is 400 g/mol. The Labute approximate surface area is 177 Å². The van der Waals surface area contributed by atoms with E-state index in [1.807, 2.05) is 31.2 Å². The number of carbonyl (C=O) groups is 1. The molecule has 0 spiro atoms. The lowest BCUT2D eigenvalue weighted by Crippen LogP contribution is -2.32. The number of rotatable bonds is 7. The van der Waals surface area contributed by atoms with Crippen LogP contribution < -0.4 is 14.4 Å². The predicted molar refractivity (Wildman–Crippen MR) is 117 cm³/mol. The van der Waals surface area contributed by atoms with Crippen LogP contribution in [0.25, 0.3) is 0 Å². The number of amides is 1. The molecule has 6 nitrogen and oxygen atoms in total. The van der Waals surface area contributed by atoms with Crippen LogP contribution in [0.15, 0.2) is 83.8 Å². The maximum Gasteiger partial charge on any atom is 0.264 e. The van der Waals surface area contributed by atoms with Crippen LogP contribution in [0.5, 0.6) is 5.75 Å². The molecule has 0 aromatic heterocycles. The van der Waals surface area contributed by atoms with Gasteiger partial charge < -0.3 is 10.1 Å². The van der Waals surface area contributed by atoms with Gasteiger partial charge in [0.1, 0.15) is 5.75 Å². The van der Waals surface area contributed by atoms with Crippen molar-refractivity contribution in [2.24, 2.45) is 0 Å². The molecule has 1 N–H and O–H groups in total. The Hall–Kier alpha value is -3.32. The third-order valence-electron chi connectivity index (χ3n) is 4.84. The van der Waals surface area contributed by atoms with Crippen LogP contribution in [0.1, 0.15) is 28.9 Å². The van der Waals surface area contributed by atoms with Gasteiger partial charge in [-0.05, 0) is 37.3 Å². The molecule has 30 heavy (non-hydrogen) atoms. The summed E-state index contributed by atoms with van der Waals surface area (Å²) in [5, 5.41) is 2.93. The minimum absolute atomic E-state index is 0.158. The van der Waals surface area contributed by atoms with Crippen molar-refractivity contribution in [1.82, 2.24) is 5.32 Å². The fraction of sp³-hybridized carbons (Fsp3) is 0.174. The number of ether oxygens (including phenoxy) is 1. The Morgan fingerprint density at radius 2 is 1.53 bits per heavy atom. The summed E-state index contributed by atoms with van der Waals surface area (Å²) in [5.74, 6) is 0.293. The second-order valence-corrected chi connectivity index (χ2v) is 8.71. The van der Waals surface area contributed by atoms with Gasteiger partial charge in [-0.15, -0.1) is 0 Å². The molecule has 0 bridgehead atoms. The van der Waals surface area contributed by atoms with E-state index in [1.54, 1.807) is 49.6 Å². The van der Waals surface area contributed by atoms with Gasteiger partial charge in [0, 0.05) is 12.6 Å². The van der Waals surface area contributed by atoms with E-state index in [9.17, 15) is 13.2 Å². The Morgan fingerprint density at radius 3 is 2.23 bits per heavy atom. The highest BCUT2D eigenvalue weighted by Gasteiger charge is 2.25. The molecule has 0 radical (unpaired) electrons. The smallest absolute Gasteiger partial charge is 0.264 e. The first-order valence-electron chi connectivity index (χ1n) is 9.43. The average Bonchev–Trinajstić information content (AvgIpc) is 2.79. The fourth-order valence-corrected chi connectivity index (χ4v) is 4.43. The summed E-state index contributed by atoms with van der Waals surface area (Å²) in [5.41, 5.74) is 1.39. The maximum absolute atomic E-state index is 13.0. The van der Waals surface area contributed by atoms with Gasteiger partial charge in [-0.3, -0.25) is 9.10 Å².